The van der Waals surface area contributed by atoms with Crippen LogP contribution >= 0.6 is 0 Å². The zero-order chi connectivity index (χ0) is 12.2. The first-order valence-electron chi connectivity index (χ1n) is 6.82. The van der Waals surface area contributed by atoms with Crippen LogP contribution in [0.5, 0.6) is 0 Å². The second-order valence-corrected chi connectivity index (χ2v) is 6.20. The van der Waals surface area contributed by atoms with E-state index >= 15 is 0 Å². The van der Waals surface area contributed by atoms with Gasteiger partial charge in [0.2, 0.25) is 0 Å². The summed E-state index contributed by atoms with van der Waals surface area (Å²) in [4.78, 5) is 0. The van der Waals surface area contributed by atoms with Gasteiger partial charge in [-0.25, -0.2) is 0 Å². The molecule has 1 N–H and O–H groups in total. The van der Waals surface area contributed by atoms with Crippen LogP contribution in [0.15, 0.2) is 0 Å². The topological polar surface area (TPSA) is 21.3 Å². The first-order chi connectivity index (χ1) is 7.43. The van der Waals surface area contributed by atoms with E-state index < -0.39 is 0 Å². The van der Waals surface area contributed by atoms with E-state index in [0.29, 0.717) is 23.7 Å². The Morgan fingerprint density at radius 2 is 2.00 bits per heavy atom. The van der Waals surface area contributed by atoms with Crippen LogP contribution in [-0.4, -0.2) is 24.8 Å². The van der Waals surface area contributed by atoms with Gasteiger partial charge >= 0.3 is 0 Å². The number of rotatable bonds is 5. The predicted molar refractivity (Wildman–Crippen MR) is 69.7 cm³/mol. The number of hydrogen-bond acceptors (Lipinski definition) is 2. The summed E-state index contributed by atoms with van der Waals surface area (Å²) in [5.74, 6) is 0. The minimum atomic E-state index is 0.347. The van der Waals surface area contributed by atoms with Crippen molar-refractivity contribution in [3.05, 3.63) is 0 Å². The highest BCUT2D eigenvalue weighted by atomic mass is 16.5. The third-order valence-corrected chi connectivity index (χ3v) is 3.59. The first kappa shape index (κ1) is 14.0. The molecule has 1 saturated heterocycles. The SMILES string of the molecule is CCNC(CCC1CCC(C)O1)C(C)(C)C. The van der Waals surface area contributed by atoms with Crippen LogP contribution in [0, 0.1) is 5.41 Å². The van der Waals surface area contributed by atoms with Crippen molar-refractivity contribution in [1.29, 1.82) is 0 Å². The lowest BCUT2D eigenvalue weighted by Gasteiger charge is -2.32. The molecule has 1 aliphatic heterocycles. The average Bonchev–Trinajstić information content (AvgIpc) is 2.57. The summed E-state index contributed by atoms with van der Waals surface area (Å²) in [7, 11) is 0. The van der Waals surface area contributed by atoms with E-state index in [1.807, 2.05) is 0 Å². The van der Waals surface area contributed by atoms with Crippen molar-refractivity contribution in [2.24, 2.45) is 5.41 Å². The van der Waals surface area contributed by atoms with Gasteiger partial charge in [0.1, 0.15) is 0 Å². The summed E-state index contributed by atoms with van der Waals surface area (Å²) < 4.78 is 5.87. The third-order valence-electron chi connectivity index (χ3n) is 3.59. The van der Waals surface area contributed by atoms with Crippen molar-refractivity contribution in [2.45, 2.75) is 78.6 Å². The fourth-order valence-electron chi connectivity index (χ4n) is 2.54. The highest BCUT2D eigenvalue weighted by molar-refractivity contribution is 4.82. The van der Waals surface area contributed by atoms with Gasteiger partial charge in [-0.05, 0) is 44.6 Å². The lowest BCUT2D eigenvalue weighted by Crippen LogP contribution is -2.40. The van der Waals surface area contributed by atoms with Gasteiger partial charge in [-0.3, -0.25) is 0 Å². The normalized spacial score (nSPS) is 28.3. The van der Waals surface area contributed by atoms with Crippen LogP contribution in [0.25, 0.3) is 0 Å². The maximum Gasteiger partial charge on any atom is 0.0580 e. The molecule has 1 aliphatic rings. The molecule has 96 valence electrons. The Kier molecular flexibility index (Phi) is 5.26. The van der Waals surface area contributed by atoms with Crippen LogP contribution in [0.1, 0.15) is 60.3 Å². The van der Waals surface area contributed by atoms with Gasteiger partial charge in [0.25, 0.3) is 0 Å². The zero-order valence-electron chi connectivity index (χ0n) is 11.7. The smallest absolute Gasteiger partial charge is 0.0580 e. The molecule has 1 heterocycles. The fraction of sp³-hybridized carbons (Fsp3) is 1.00. The van der Waals surface area contributed by atoms with E-state index in [-0.39, 0.29) is 0 Å². The Morgan fingerprint density at radius 3 is 2.44 bits per heavy atom. The molecule has 0 aliphatic carbocycles. The molecule has 0 aromatic rings. The number of nitrogens with one attached hydrogen (secondary N) is 1. The van der Waals surface area contributed by atoms with E-state index in [4.69, 9.17) is 4.74 Å². The molecule has 3 atom stereocenters. The van der Waals surface area contributed by atoms with Crippen LogP contribution in [0.3, 0.4) is 0 Å². The Morgan fingerprint density at radius 1 is 1.31 bits per heavy atom. The summed E-state index contributed by atoms with van der Waals surface area (Å²) in [6, 6.07) is 0.608. The van der Waals surface area contributed by atoms with Gasteiger partial charge in [0.05, 0.1) is 12.2 Å². The Hall–Kier alpha value is -0.0800. The second-order valence-electron chi connectivity index (χ2n) is 6.20. The molecule has 0 aromatic carbocycles. The molecule has 2 nitrogen and oxygen atoms in total. The third kappa shape index (κ3) is 4.42. The molecule has 0 saturated carbocycles. The minimum Gasteiger partial charge on any atom is -0.375 e. The van der Waals surface area contributed by atoms with Crippen molar-refractivity contribution in [2.75, 3.05) is 6.54 Å². The maximum absolute atomic E-state index is 5.87. The van der Waals surface area contributed by atoms with E-state index in [9.17, 15) is 0 Å². The molecular weight excluding hydrogens is 198 g/mol. The Bertz CT molecular complexity index is 197. The van der Waals surface area contributed by atoms with Gasteiger partial charge in [-0.15, -0.1) is 0 Å². The maximum atomic E-state index is 5.87. The Labute approximate surface area is 101 Å². The highest BCUT2D eigenvalue weighted by Crippen LogP contribution is 2.27. The summed E-state index contributed by atoms with van der Waals surface area (Å²) in [5, 5.41) is 3.60. The number of ether oxygens (including phenoxy) is 1. The summed E-state index contributed by atoms with van der Waals surface area (Å²) in [5.41, 5.74) is 0.347. The van der Waals surface area contributed by atoms with E-state index in [1.165, 1.54) is 25.7 Å². The van der Waals surface area contributed by atoms with Crippen LogP contribution in [0.4, 0.5) is 0 Å². The summed E-state index contributed by atoms with van der Waals surface area (Å²) in [6.45, 7) is 12.4. The van der Waals surface area contributed by atoms with Crippen LogP contribution < -0.4 is 5.32 Å². The monoisotopic (exact) mass is 227 g/mol. The molecule has 0 radical (unpaired) electrons. The summed E-state index contributed by atoms with van der Waals surface area (Å²) >= 11 is 0. The van der Waals surface area contributed by atoms with E-state index in [1.54, 1.807) is 0 Å². The van der Waals surface area contributed by atoms with Gasteiger partial charge in [-0.1, -0.05) is 27.7 Å². The first-order valence-corrected chi connectivity index (χ1v) is 6.82. The van der Waals surface area contributed by atoms with Gasteiger partial charge in [0, 0.05) is 6.04 Å². The van der Waals surface area contributed by atoms with Crippen molar-refractivity contribution in [3.63, 3.8) is 0 Å². The number of hydrogen-bond donors (Lipinski definition) is 1. The molecule has 0 amide bonds. The van der Waals surface area contributed by atoms with E-state index in [2.05, 4.69) is 39.9 Å². The van der Waals surface area contributed by atoms with Crippen LogP contribution in [0.2, 0.25) is 0 Å². The average molecular weight is 227 g/mol. The highest BCUT2D eigenvalue weighted by Gasteiger charge is 2.27. The second kappa shape index (κ2) is 6.02. The summed E-state index contributed by atoms with van der Waals surface area (Å²) in [6.07, 6.45) is 5.93. The molecule has 0 spiro atoms. The van der Waals surface area contributed by atoms with Gasteiger partial charge < -0.3 is 10.1 Å². The predicted octanol–water partition coefficient (Wildman–Crippen LogP) is 3.36. The molecule has 2 heteroatoms. The van der Waals surface area contributed by atoms with Crippen molar-refractivity contribution >= 4 is 0 Å². The van der Waals surface area contributed by atoms with Crippen molar-refractivity contribution in [1.82, 2.24) is 5.32 Å². The van der Waals surface area contributed by atoms with E-state index in [0.717, 1.165) is 6.54 Å². The Balaban J connectivity index is 2.32. The fourth-order valence-corrected chi connectivity index (χ4v) is 2.54. The standard InChI is InChI=1S/C14H29NO/c1-6-15-13(14(3,4)5)10-9-12-8-7-11(2)16-12/h11-13,15H,6-10H2,1-5H3. The molecule has 0 bridgehead atoms. The quantitative estimate of drug-likeness (QED) is 0.777. The van der Waals surface area contributed by atoms with Crippen molar-refractivity contribution in [3.8, 4) is 0 Å². The molecule has 1 rings (SSSR count). The van der Waals surface area contributed by atoms with Gasteiger partial charge in [0.15, 0.2) is 0 Å². The molecule has 1 fully saturated rings. The van der Waals surface area contributed by atoms with Crippen molar-refractivity contribution < 1.29 is 4.74 Å². The molecule has 0 aromatic heterocycles. The lowest BCUT2D eigenvalue weighted by atomic mass is 9.83. The zero-order valence-corrected chi connectivity index (χ0v) is 11.7. The minimum absolute atomic E-state index is 0.347. The largest absolute Gasteiger partial charge is 0.375 e. The van der Waals surface area contributed by atoms with Crippen LogP contribution in [-0.2, 0) is 4.74 Å². The lowest BCUT2D eigenvalue weighted by molar-refractivity contribution is 0.0452. The molecule has 3 unspecified atom stereocenters. The van der Waals surface area contributed by atoms with Gasteiger partial charge in [-0.2, -0.15) is 0 Å². The molecular formula is C14H29NO. The molecule has 16 heavy (non-hydrogen) atoms.